The molecule has 2 atom stereocenters. The molecule has 28 heavy (non-hydrogen) atoms. The Morgan fingerprint density at radius 3 is 2.64 bits per heavy atom. The van der Waals surface area contributed by atoms with Gasteiger partial charge in [-0.05, 0) is 63.6 Å². The molecular weight excluding hydrogens is 350 g/mol. The highest BCUT2D eigenvalue weighted by Gasteiger charge is 2.35. The Balaban J connectivity index is 1.51. The molecule has 0 bridgehead atoms. The minimum Gasteiger partial charge on any atom is -0.340 e. The molecule has 4 rings (SSSR count). The number of aryl methyl sites for hydroxylation is 2. The lowest BCUT2D eigenvalue weighted by atomic mass is 9.91. The molecule has 2 fully saturated rings. The summed E-state index contributed by atoms with van der Waals surface area (Å²) in [7, 11) is 0. The normalized spacial score (nSPS) is 22.9. The molecule has 6 nitrogen and oxygen atoms in total. The van der Waals surface area contributed by atoms with E-state index >= 15 is 0 Å². The average molecular weight is 380 g/mol. The first-order valence-corrected chi connectivity index (χ1v) is 10.4. The van der Waals surface area contributed by atoms with E-state index in [1.807, 2.05) is 32.2 Å². The molecule has 0 N–H and O–H groups in total. The highest BCUT2D eigenvalue weighted by atomic mass is 16.2. The summed E-state index contributed by atoms with van der Waals surface area (Å²) in [5.74, 6) is 1.05. The number of aromatic nitrogens is 3. The number of pyridine rings is 1. The molecule has 0 spiro atoms. The summed E-state index contributed by atoms with van der Waals surface area (Å²) < 4.78 is 0. The third kappa shape index (κ3) is 4.01. The van der Waals surface area contributed by atoms with Crippen LogP contribution in [0.3, 0.4) is 0 Å². The van der Waals surface area contributed by atoms with Gasteiger partial charge in [0.1, 0.15) is 0 Å². The molecule has 1 unspecified atom stereocenters. The predicted octanol–water partition coefficient (Wildman–Crippen LogP) is 3.46. The lowest BCUT2D eigenvalue weighted by Gasteiger charge is -2.40. The van der Waals surface area contributed by atoms with E-state index in [4.69, 9.17) is 0 Å². The van der Waals surface area contributed by atoms with Gasteiger partial charge in [-0.15, -0.1) is 0 Å². The van der Waals surface area contributed by atoms with Crippen molar-refractivity contribution in [1.82, 2.24) is 19.9 Å². The van der Waals surface area contributed by atoms with E-state index in [1.165, 1.54) is 0 Å². The van der Waals surface area contributed by atoms with Crippen LogP contribution in [0.2, 0.25) is 0 Å². The van der Waals surface area contributed by atoms with Gasteiger partial charge in [-0.1, -0.05) is 6.07 Å². The molecular formula is C22H29N5O. The van der Waals surface area contributed by atoms with E-state index in [1.54, 1.807) is 6.20 Å². The van der Waals surface area contributed by atoms with Crippen LogP contribution in [0, 0.1) is 19.8 Å². The molecule has 4 heterocycles. The minimum absolute atomic E-state index is 0.00967. The molecule has 0 aliphatic carbocycles. The average Bonchev–Trinajstić information content (AvgIpc) is 2.73. The fourth-order valence-corrected chi connectivity index (χ4v) is 4.56. The summed E-state index contributed by atoms with van der Waals surface area (Å²) >= 11 is 0. The van der Waals surface area contributed by atoms with Crippen LogP contribution in [-0.4, -0.2) is 45.4 Å². The van der Waals surface area contributed by atoms with Gasteiger partial charge in [0.2, 0.25) is 11.9 Å². The Kier molecular flexibility index (Phi) is 5.55. The van der Waals surface area contributed by atoms with Gasteiger partial charge < -0.3 is 9.80 Å². The predicted molar refractivity (Wildman–Crippen MR) is 109 cm³/mol. The molecule has 6 heteroatoms. The van der Waals surface area contributed by atoms with Crippen LogP contribution in [0.1, 0.15) is 55.1 Å². The number of likely N-dealkylation sites (tertiary alicyclic amines) is 1. The Morgan fingerprint density at radius 1 is 1.07 bits per heavy atom. The van der Waals surface area contributed by atoms with E-state index in [9.17, 15) is 4.79 Å². The molecule has 0 saturated carbocycles. The van der Waals surface area contributed by atoms with E-state index in [2.05, 4.69) is 30.8 Å². The number of piperidine rings is 2. The number of hydrogen-bond acceptors (Lipinski definition) is 5. The van der Waals surface area contributed by atoms with Gasteiger partial charge in [0.05, 0.1) is 12.0 Å². The molecule has 2 aromatic rings. The highest BCUT2D eigenvalue weighted by Crippen LogP contribution is 2.33. The van der Waals surface area contributed by atoms with Gasteiger partial charge >= 0.3 is 0 Å². The van der Waals surface area contributed by atoms with Crippen molar-refractivity contribution in [1.29, 1.82) is 0 Å². The molecule has 2 saturated heterocycles. The third-order valence-corrected chi connectivity index (χ3v) is 5.88. The van der Waals surface area contributed by atoms with Crippen LogP contribution < -0.4 is 4.90 Å². The van der Waals surface area contributed by atoms with Crippen molar-refractivity contribution in [3.05, 3.63) is 47.5 Å². The van der Waals surface area contributed by atoms with Gasteiger partial charge in [-0.2, -0.15) is 0 Å². The molecule has 1 amide bonds. The first kappa shape index (κ1) is 18.8. The largest absolute Gasteiger partial charge is 0.340 e. The Bertz CT molecular complexity index is 805. The lowest BCUT2D eigenvalue weighted by Crippen LogP contribution is -2.47. The number of nitrogens with zero attached hydrogens (tertiary/aromatic N) is 5. The standard InChI is InChI=1S/C22H29N5O/c1-16-13-17(2)25-22(24-16)26-11-6-8-19(15-26)21(28)27-12-4-3-9-20(27)18-7-5-10-23-14-18/h5,7,10,13-14,19-20H,3-4,6,8-9,11-12,15H2,1-2H3/t19?,20-/m0/s1. The Hall–Kier alpha value is -2.50. The Labute approximate surface area is 167 Å². The van der Waals surface area contributed by atoms with Crippen LogP contribution in [0.25, 0.3) is 0 Å². The minimum atomic E-state index is 0.00967. The number of hydrogen-bond donors (Lipinski definition) is 0. The molecule has 0 radical (unpaired) electrons. The second-order valence-corrected chi connectivity index (χ2v) is 8.07. The molecule has 2 aliphatic heterocycles. The monoisotopic (exact) mass is 379 g/mol. The molecule has 0 aromatic carbocycles. The number of anilines is 1. The highest BCUT2D eigenvalue weighted by molar-refractivity contribution is 5.80. The quantitative estimate of drug-likeness (QED) is 0.817. The van der Waals surface area contributed by atoms with Crippen molar-refractivity contribution in [2.75, 3.05) is 24.5 Å². The first-order chi connectivity index (χ1) is 13.6. The maximum atomic E-state index is 13.5. The van der Waals surface area contributed by atoms with Crippen molar-refractivity contribution in [2.24, 2.45) is 5.92 Å². The second-order valence-electron chi connectivity index (χ2n) is 8.07. The zero-order valence-electron chi connectivity index (χ0n) is 16.8. The number of carbonyl (C=O) groups is 1. The SMILES string of the molecule is Cc1cc(C)nc(N2CCCC(C(=O)N3CCCC[C@H]3c3cccnc3)C2)n1. The zero-order chi connectivity index (χ0) is 19.5. The first-order valence-electron chi connectivity index (χ1n) is 10.4. The summed E-state index contributed by atoms with van der Waals surface area (Å²) in [6.45, 7) is 6.46. The molecule has 2 aliphatic rings. The maximum absolute atomic E-state index is 13.5. The van der Waals surface area contributed by atoms with Gasteiger partial charge in [-0.3, -0.25) is 9.78 Å². The summed E-state index contributed by atoms with van der Waals surface area (Å²) in [5, 5.41) is 0. The van der Waals surface area contributed by atoms with Crippen molar-refractivity contribution in [3.63, 3.8) is 0 Å². The fourth-order valence-electron chi connectivity index (χ4n) is 4.56. The summed E-state index contributed by atoms with van der Waals surface area (Å²) in [6.07, 6.45) is 8.91. The lowest BCUT2D eigenvalue weighted by molar-refractivity contribution is -0.139. The van der Waals surface area contributed by atoms with Crippen LogP contribution in [-0.2, 0) is 4.79 Å². The van der Waals surface area contributed by atoms with Gasteiger partial charge in [-0.25, -0.2) is 9.97 Å². The van der Waals surface area contributed by atoms with Crippen LogP contribution in [0.4, 0.5) is 5.95 Å². The summed E-state index contributed by atoms with van der Waals surface area (Å²) in [4.78, 5) is 31.3. The zero-order valence-corrected chi connectivity index (χ0v) is 16.8. The maximum Gasteiger partial charge on any atom is 0.227 e. The van der Waals surface area contributed by atoms with E-state index in [-0.39, 0.29) is 17.9 Å². The number of carbonyl (C=O) groups excluding carboxylic acids is 1. The van der Waals surface area contributed by atoms with Crippen molar-refractivity contribution in [3.8, 4) is 0 Å². The van der Waals surface area contributed by atoms with Crippen LogP contribution >= 0.6 is 0 Å². The van der Waals surface area contributed by atoms with Gasteiger partial charge in [0, 0.05) is 43.4 Å². The fraction of sp³-hybridized carbons (Fsp3) is 0.545. The summed E-state index contributed by atoms with van der Waals surface area (Å²) in [6, 6.07) is 6.21. The van der Waals surface area contributed by atoms with Crippen LogP contribution in [0.5, 0.6) is 0 Å². The molecule has 2 aromatic heterocycles. The van der Waals surface area contributed by atoms with E-state index < -0.39 is 0 Å². The molecule has 148 valence electrons. The van der Waals surface area contributed by atoms with Crippen LogP contribution in [0.15, 0.2) is 30.6 Å². The third-order valence-electron chi connectivity index (χ3n) is 5.88. The number of amides is 1. The van der Waals surface area contributed by atoms with Gasteiger partial charge in [0.25, 0.3) is 0 Å². The van der Waals surface area contributed by atoms with Crippen molar-refractivity contribution < 1.29 is 4.79 Å². The summed E-state index contributed by atoms with van der Waals surface area (Å²) in [5.41, 5.74) is 3.10. The van der Waals surface area contributed by atoms with E-state index in [0.717, 1.165) is 68.1 Å². The Morgan fingerprint density at radius 2 is 1.89 bits per heavy atom. The van der Waals surface area contributed by atoms with E-state index in [0.29, 0.717) is 6.54 Å². The van der Waals surface area contributed by atoms with Crippen molar-refractivity contribution >= 4 is 11.9 Å². The van der Waals surface area contributed by atoms with Crippen molar-refractivity contribution in [2.45, 2.75) is 52.0 Å². The second kappa shape index (κ2) is 8.25. The smallest absolute Gasteiger partial charge is 0.227 e. The topological polar surface area (TPSA) is 62.2 Å². The number of rotatable bonds is 3. The van der Waals surface area contributed by atoms with Gasteiger partial charge in [0.15, 0.2) is 0 Å².